The fourth-order valence-corrected chi connectivity index (χ4v) is 2.96. The molecule has 0 unspecified atom stereocenters. The molecular weight excluding hydrogens is 408 g/mol. The second-order valence-corrected chi connectivity index (χ2v) is 7.41. The first-order chi connectivity index (χ1) is 15.6. The van der Waals surface area contributed by atoms with Crippen molar-refractivity contribution in [2.45, 2.75) is 12.8 Å². The molecule has 0 radical (unpaired) electrons. The van der Waals surface area contributed by atoms with E-state index in [2.05, 4.69) is 10.6 Å². The van der Waals surface area contributed by atoms with Crippen LogP contribution >= 0.6 is 0 Å². The molecule has 162 valence electrons. The van der Waals surface area contributed by atoms with Crippen molar-refractivity contribution in [3.8, 4) is 11.5 Å². The molecule has 3 aromatic carbocycles. The highest BCUT2D eigenvalue weighted by atomic mass is 16.5. The molecule has 7 heteroatoms. The van der Waals surface area contributed by atoms with E-state index < -0.39 is 18.5 Å². The van der Waals surface area contributed by atoms with Gasteiger partial charge >= 0.3 is 5.97 Å². The topological polar surface area (TPSA) is 93.7 Å². The van der Waals surface area contributed by atoms with Crippen LogP contribution in [-0.2, 0) is 14.3 Å². The Morgan fingerprint density at radius 2 is 1.50 bits per heavy atom. The van der Waals surface area contributed by atoms with Gasteiger partial charge in [0, 0.05) is 17.3 Å². The zero-order valence-electron chi connectivity index (χ0n) is 17.2. The normalized spacial score (nSPS) is 12.5. The number of para-hydroxylation sites is 1. The van der Waals surface area contributed by atoms with Gasteiger partial charge in [-0.25, -0.2) is 4.79 Å². The lowest BCUT2D eigenvalue weighted by Crippen LogP contribution is -2.21. The lowest BCUT2D eigenvalue weighted by Gasteiger charge is -2.09. The van der Waals surface area contributed by atoms with Gasteiger partial charge in [0.05, 0.1) is 5.56 Å². The number of benzene rings is 3. The largest absolute Gasteiger partial charge is 0.457 e. The van der Waals surface area contributed by atoms with E-state index in [0.717, 1.165) is 12.8 Å². The van der Waals surface area contributed by atoms with Gasteiger partial charge in [-0.05, 0) is 67.4 Å². The lowest BCUT2D eigenvalue weighted by atomic mass is 10.2. The molecule has 2 N–H and O–H groups in total. The summed E-state index contributed by atoms with van der Waals surface area (Å²) in [5.74, 6) is 0.257. The van der Waals surface area contributed by atoms with Gasteiger partial charge in [-0.1, -0.05) is 24.3 Å². The van der Waals surface area contributed by atoms with Crippen molar-refractivity contribution in [1.82, 2.24) is 0 Å². The van der Waals surface area contributed by atoms with E-state index in [1.165, 1.54) is 6.07 Å². The lowest BCUT2D eigenvalue weighted by molar-refractivity contribution is -0.119. The van der Waals surface area contributed by atoms with Crippen molar-refractivity contribution >= 4 is 29.2 Å². The Balaban J connectivity index is 1.25. The van der Waals surface area contributed by atoms with E-state index >= 15 is 0 Å². The van der Waals surface area contributed by atoms with Crippen molar-refractivity contribution in [3.05, 3.63) is 84.4 Å². The zero-order valence-corrected chi connectivity index (χ0v) is 17.2. The average molecular weight is 430 g/mol. The first-order valence-electron chi connectivity index (χ1n) is 10.3. The smallest absolute Gasteiger partial charge is 0.338 e. The summed E-state index contributed by atoms with van der Waals surface area (Å²) < 4.78 is 10.8. The molecule has 0 spiro atoms. The highest BCUT2D eigenvalue weighted by molar-refractivity contribution is 5.98. The van der Waals surface area contributed by atoms with E-state index in [1.54, 1.807) is 42.5 Å². The van der Waals surface area contributed by atoms with Gasteiger partial charge in [-0.15, -0.1) is 0 Å². The van der Waals surface area contributed by atoms with Crippen LogP contribution in [0.5, 0.6) is 11.5 Å². The third-order valence-corrected chi connectivity index (χ3v) is 4.77. The Morgan fingerprint density at radius 1 is 0.781 bits per heavy atom. The van der Waals surface area contributed by atoms with Gasteiger partial charge in [0.2, 0.25) is 5.91 Å². The molecule has 3 aromatic rings. The van der Waals surface area contributed by atoms with E-state index in [0.29, 0.717) is 22.9 Å². The van der Waals surface area contributed by atoms with E-state index in [4.69, 9.17) is 9.47 Å². The highest BCUT2D eigenvalue weighted by Gasteiger charge is 2.29. The average Bonchev–Trinajstić information content (AvgIpc) is 3.65. The van der Waals surface area contributed by atoms with Crippen LogP contribution in [0.4, 0.5) is 11.4 Å². The molecule has 0 aliphatic heterocycles. The number of nitrogens with one attached hydrogen (secondary N) is 2. The number of hydrogen-bond donors (Lipinski definition) is 2. The number of esters is 1. The predicted octanol–water partition coefficient (Wildman–Crippen LogP) is 4.62. The maximum atomic E-state index is 12.3. The summed E-state index contributed by atoms with van der Waals surface area (Å²) in [5, 5.41) is 5.45. The SMILES string of the molecule is O=C(COC(=O)c1cccc(NC(=O)C2CC2)c1)Nc1ccc(Oc2ccccc2)cc1. The number of anilines is 2. The predicted molar refractivity (Wildman–Crippen MR) is 120 cm³/mol. The van der Waals surface area contributed by atoms with Crippen molar-refractivity contribution < 1.29 is 23.9 Å². The van der Waals surface area contributed by atoms with Gasteiger partial charge in [0.1, 0.15) is 11.5 Å². The highest BCUT2D eigenvalue weighted by Crippen LogP contribution is 2.30. The van der Waals surface area contributed by atoms with Gasteiger partial charge in [-0.3, -0.25) is 9.59 Å². The van der Waals surface area contributed by atoms with Crippen molar-refractivity contribution in [1.29, 1.82) is 0 Å². The molecule has 2 amide bonds. The molecule has 4 rings (SSSR count). The first kappa shape index (κ1) is 21.1. The summed E-state index contributed by atoms with van der Waals surface area (Å²) in [4.78, 5) is 36.3. The maximum absolute atomic E-state index is 12.3. The second-order valence-electron chi connectivity index (χ2n) is 7.41. The van der Waals surface area contributed by atoms with Gasteiger partial charge in [0.25, 0.3) is 5.91 Å². The van der Waals surface area contributed by atoms with E-state index in [9.17, 15) is 14.4 Å². The molecule has 1 saturated carbocycles. The number of ether oxygens (including phenoxy) is 2. The Hall–Kier alpha value is -4.13. The number of hydrogen-bond acceptors (Lipinski definition) is 5. The number of amides is 2. The standard InChI is InChI=1S/C25H22N2O5/c28-23(26-19-11-13-22(14-12-19)32-21-7-2-1-3-8-21)16-31-25(30)18-5-4-6-20(15-18)27-24(29)17-9-10-17/h1-8,11-15,17H,9-10,16H2,(H,26,28)(H,27,29). The Kier molecular flexibility index (Phi) is 6.46. The number of carbonyl (C=O) groups is 3. The van der Waals surface area contributed by atoms with Crippen LogP contribution in [0.25, 0.3) is 0 Å². The van der Waals surface area contributed by atoms with Crippen molar-refractivity contribution in [3.63, 3.8) is 0 Å². The molecule has 7 nitrogen and oxygen atoms in total. The summed E-state index contributed by atoms with van der Waals surface area (Å²) in [7, 11) is 0. The van der Waals surface area contributed by atoms with Gasteiger partial charge in [0.15, 0.2) is 6.61 Å². The molecule has 0 aromatic heterocycles. The summed E-state index contributed by atoms with van der Waals surface area (Å²) in [6, 6.07) is 22.7. The fraction of sp³-hybridized carbons (Fsp3) is 0.160. The molecule has 1 aliphatic rings. The molecule has 0 atom stereocenters. The van der Waals surface area contributed by atoms with Crippen LogP contribution in [-0.4, -0.2) is 24.4 Å². The number of rotatable bonds is 8. The third kappa shape index (κ3) is 5.95. The van der Waals surface area contributed by atoms with Gasteiger partial charge < -0.3 is 20.1 Å². The fourth-order valence-electron chi connectivity index (χ4n) is 2.96. The summed E-state index contributed by atoms with van der Waals surface area (Å²) in [5.41, 5.74) is 1.34. The monoisotopic (exact) mass is 430 g/mol. The molecule has 0 bridgehead atoms. The minimum Gasteiger partial charge on any atom is -0.457 e. The Morgan fingerprint density at radius 3 is 2.22 bits per heavy atom. The van der Waals surface area contributed by atoms with Crippen LogP contribution in [0, 0.1) is 5.92 Å². The minimum absolute atomic E-state index is 0.0462. The third-order valence-electron chi connectivity index (χ3n) is 4.77. The van der Waals surface area contributed by atoms with Crippen LogP contribution in [0.1, 0.15) is 23.2 Å². The van der Waals surface area contributed by atoms with E-state index in [1.807, 2.05) is 30.3 Å². The van der Waals surface area contributed by atoms with Crippen LogP contribution in [0.2, 0.25) is 0 Å². The second kappa shape index (κ2) is 9.78. The van der Waals surface area contributed by atoms with Crippen molar-refractivity contribution in [2.75, 3.05) is 17.2 Å². The molecule has 32 heavy (non-hydrogen) atoms. The van der Waals surface area contributed by atoms with Gasteiger partial charge in [-0.2, -0.15) is 0 Å². The molecule has 1 aliphatic carbocycles. The summed E-state index contributed by atoms with van der Waals surface area (Å²) >= 11 is 0. The Labute approximate surface area is 185 Å². The summed E-state index contributed by atoms with van der Waals surface area (Å²) in [6.07, 6.45) is 1.79. The van der Waals surface area contributed by atoms with Crippen LogP contribution < -0.4 is 15.4 Å². The number of carbonyl (C=O) groups excluding carboxylic acids is 3. The molecule has 0 saturated heterocycles. The van der Waals surface area contributed by atoms with Crippen LogP contribution in [0.15, 0.2) is 78.9 Å². The van der Waals surface area contributed by atoms with E-state index in [-0.39, 0.29) is 17.4 Å². The zero-order chi connectivity index (χ0) is 22.3. The minimum atomic E-state index is -0.644. The molecule has 0 heterocycles. The Bertz CT molecular complexity index is 1110. The molecule has 1 fully saturated rings. The molecular formula is C25H22N2O5. The van der Waals surface area contributed by atoms with Crippen molar-refractivity contribution in [2.24, 2.45) is 5.92 Å². The summed E-state index contributed by atoms with van der Waals surface area (Å²) in [6.45, 7) is -0.431. The first-order valence-corrected chi connectivity index (χ1v) is 10.3. The quantitative estimate of drug-likeness (QED) is 0.509. The van der Waals surface area contributed by atoms with Crippen LogP contribution in [0.3, 0.4) is 0 Å². The maximum Gasteiger partial charge on any atom is 0.338 e.